The van der Waals surface area contributed by atoms with E-state index in [0.717, 1.165) is 12.1 Å². The van der Waals surface area contributed by atoms with Gasteiger partial charge in [-0.15, -0.1) is 0 Å². The van der Waals surface area contributed by atoms with Crippen molar-refractivity contribution in [1.29, 1.82) is 0 Å². The molecule has 7 nitrogen and oxygen atoms in total. The summed E-state index contributed by atoms with van der Waals surface area (Å²) < 4.78 is 79.8. The summed E-state index contributed by atoms with van der Waals surface area (Å²) in [4.78, 5) is 17.6. The normalized spacial score (nSPS) is 16.8. The van der Waals surface area contributed by atoms with E-state index < -0.39 is 38.8 Å². The van der Waals surface area contributed by atoms with Crippen LogP contribution in [-0.2, 0) is 16.0 Å². The van der Waals surface area contributed by atoms with Crippen LogP contribution in [0.15, 0.2) is 54.9 Å². The monoisotopic (exact) mass is 580 g/mol. The Morgan fingerprint density at radius 2 is 1.74 bits per heavy atom. The lowest BCUT2D eigenvalue weighted by Gasteiger charge is -2.34. The molecule has 1 saturated heterocycles. The Labute approximate surface area is 225 Å². The number of sulfone groups is 1. The molecule has 0 radical (unpaired) electrons. The van der Waals surface area contributed by atoms with Gasteiger partial charge in [-0.3, -0.25) is 4.79 Å². The van der Waals surface area contributed by atoms with Gasteiger partial charge in [0.1, 0.15) is 21.2 Å². The van der Waals surface area contributed by atoms with Gasteiger partial charge in [0.2, 0.25) is 0 Å². The zero-order valence-electron chi connectivity index (χ0n) is 20.4. The van der Waals surface area contributed by atoms with Crippen LogP contribution in [0, 0.1) is 5.82 Å². The van der Waals surface area contributed by atoms with Crippen molar-refractivity contribution in [3.8, 4) is 22.4 Å². The Bertz CT molecular complexity index is 1710. The zero-order chi connectivity index (χ0) is 28.2. The molecule has 0 unspecified atom stereocenters. The Morgan fingerprint density at radius 3 is 2.38 bits per heavy atom. The fourth-order valence-corrected chi connectivity index (χ4v) is 6.53. The van der Waals surface area contributed by atoms with Crippen molar-refractivity contribution in [2.24, 2.45) is 0 Å². The van der Waals surface area contributed by atoms with Crippen LogP contribution in [-0.4, -0.2) is 46.0 Å². The molecule has 4 aromatic rings. The Hall–Kier alpha value is -3.51. The quantitative estimate of drug-likeness (QED) is 0.319. The van der Waals surface area contributed by atoms with E-state index in [2.05, 4.69) is 15.4 Å². The predicted octanol–water partition coefficient (Wildman–Crippen LogP) is 5.57. The number of alkyl halides is 3. The highest BCUT2D eigenvalue weighted by Gasteiger charge is 2.36. The van der Waals surface area contributed by atoms with Crippen LogP contribution < -0.4 is 5.32 Å². The highest BCUT2D eigenvalue weighted by molar-refractivity contribution is 7.91. The van der Waals surface area contributed by atoms with Gasteiger partial charge in [0, 0.05) is 33.4 Å². The number of hydrogen-bond donors (Lipinski definition) is 1. The van der Waals surface area contributed by atoms with Gasteiger partial charge < -0.3 is 5.32 Å². The average molecular weight is 581 g/mol. The second-order valence-corrected chi connectivity index (χ2v) is 12.4. The maximum absolute atomic E-state index is 15.3. The second kappa shape index (κ2) is 9.60. The molecule has 0 saturated carbocycles. The van der Waals surface area contributed by atoms with E-state index in [4.69, 9.17) is 11.6 Å². The number of benzene rings is 2. The molecule has 1 aliphatic heterocycles. The van der Waals surface area contributed by atoms with Gasteiger partial charge in [0.25, 0.3) is 5.91 Å². The van der Waals surface area contributed by atoms with Gasteiger partial charge in [-0.05, 0) is 44.0 Å². The Balaban J connectivity index is 1.64. The molecule has 1 aliphatic rings. The molecule has 1 fully saturated rings. The lowest BCUT2D eigenvalue weighted by atomic mass is 9.94. The first kappa shape index (κ1) is 27.1. The number of hydrogen-bond acceptors (Lipinski definition) is 5. The van der Waals surface area contributed by atoms with E-state index >= 15 is 4.39 Å². The van der Waals surface area contributed by atoms with Gasteiger partial charge in [-0.25, -0.2) is 22.3 Å². The molecule has 204 valence electrons. The summed E-state index contributed by atoms with van der Waals surface area (Å²) >= 11 is 6.39. The summed E-state index contributed by atoms with van der Waals surface area (Å²) in [6.45, 7) is 1.75. The van der Waals surface area contributed by atoms with Gasteiger partial charge in [-0.1, -0.05) is 29.8 Å². The molecule has 2 aromatic heterocycles. The van der Waals surface area contributed by atoms with Crippen LogP contribution in [0.1, 0.15) is 35.7 Å². The number of nitrogens with zero attached hydrogens (tertiary/aromatic N) is 3. The topological polar surface area (TPSA) is 93.4 Å². The maximum Gasteiger partial charge on any atom is 0.416 e. The molecular formula is C26H21ClF4N4O3S. The number of fused-ring (bicyclic) bond motifs is 1. The Kier molecular flexibility index (Phi) is 6.66. The third-order valence-corrected chi connectivity index (χ3v) is 8.81. The van der Waals surface area contributed by atoms with E-state index in [1.165, 1.54) is 16.9 Å². The molecule has 39 heavy (non-hydrogen) atoms. The minimum absolute atomic E-state index is 0.0314. The third kappa shape index (κ3) is 5.22. The SMILES string of the molecule is CC1(NC(=O)c2cnn3c(-c4ccc(C(F)(F)F)cc4F)c(-c4ccccc4Cl)cnc23)CCS(=O)(=O)CC1. The van der Waals surface area contributed by atoms with Crippen molar-refractivity contribution < 1.29 is 30.8 Å². The molecule has 0 bridgehead atoms. The van der Waals surface area contributed by atoms with Gasteiger partial charge in [0.05, 0.1) is 29.0 Å². The fourth-order valence-electron chi connectivity index (χ4n) is 4.57. The van der Waals surface area contributed by atoms with Crippen LogP contribution in [0.25, 0.3) is 28.0 Å². The molecule has 1 N–H and O–H groups in total. The van der Waals surface area contributed by atoms with E-state index in [1.54, 1.807) is 31.2 Å². The van der Waals surface area contributed by atoms with E-state index in [9.17, 15) is 26.4 Å². The first-order valence-electron chi connectivity index (χ1n) is 11.8. The zero-order valence-corrected chi connectivity index (χ0v) is 22.0. The lowest BCUT2D eigenvalue weighted by molar-refractivity contribution is -0.137. The average Bonchev–Trinajstić information content (AvgIpc) is 3.30. The number of aromatic nitrogens is 3. The molecule has 0 aliphatic carbocycles. The van der Waals surface area contributed by atoms with Crippen molar-refractivity contribution in [2.75, 3.05) is 11.5 Å². The number of carbonyl (C=O) groups excluding carboxylic acids is 1. The number of rotatable bonds is 4. The maximum atomic E-state index is 15.3. The molecular weight excluding hydrogens is 560 g/mol. The fraction of sp³-hybridized carbons (Fsp3) is 0.269. The standard InChI is InChI=1S/C26H21ClF4N4O3S/c1-25(8-10-39(37,38)11-9-25)34-24(36)19-14-33-35-22(17-7-6-15(12-21(17)28)26(29,30)31)18(13-32-23(19)35)16-4-2-3-5-20(16)27/h2-7,12-14H,8-11H2,1H3,(H,34,36). The summed E-state index contributed by atoms with van der Waals surface area (Å²) in [7, 11) is -3.16. The van der Waals surface area contributed by atoms with Crippen LogP contribution in [0.2, 0.25) is 5.02 Å². The number of halogens is 5. The number of nitrogens with one attached hydrogen (secondary N) is 1. The molecule has 3 heterocycles. The van der Waals surface area contributed by atoms with E-state index in [0.29, 0.717) is 11.6 Å². The summed E-state index contributed by atoms with van der Waals surface area (Å²) in [5.74, 6) is -1.84. The van der Waals surface area contributed by atoms with Crippen molar-refractivity contribution in [3.05, 3.63) is 76.8 Å². The van der Waals surface area contributed by atoms with Crippen molar-refractivity contribution in [3.63, 3.8) is 0 Å². The highest BCUT2D eigenvalue weighted by Crippen LogP contribution is 2.39. The van der Waals surface area contributed by atoms with Crippen LogP contribution >= 0.6 is 11.6 Å². The predicted molar refractivity (Wildman–Crippen MR) is 138 cm³/mol. The van der Waals surface area contributed by atoms with Crippen molar-refractivity contribution in [2.45, 2.75) is 31.5 Å². The van der Waals surface area contributed by atoms with Gasteiger partial charge in [-0.2, -0.15) is 18.3 Å². The van der Waals surface area contributed by atoms with Gasteiger partial charge >= 0.3 is 6.18 Å². The van der Waals surface area contributed by atoms with E-state index in [1.807, 2.05) is 0 Å². The van der Waals surface area contributed by atoms with Crippen molar-refractivity contribution >= 4 is 33.0 Å². The Morgan fingerprint density at radius 1 is 1.05 bits per heavy atom. The minimum atomic E-state index is -4.75. The highest BCUT2D eigenvalue weighted by atomic mass is 35.5. The largest absolute Gasteiger partial charge is 0.416 e. The number of carbonyl (C=O) groups is 1. The molecule has 5 rings (SSSR count). The first-order chi connectivity index (χ1) is 18.3. The summed E-state index contributed by atoms with van der Waals surface area (Å²) in [6, 6.07) is 8.77. The summed E-state index contributed by atoms with van der Waals surface area (Å²) in [6.07, 6.45) is -1.71. The molecule has 1 amide bonds. The summed E-state index contributed by atoms with van der Waals surface area (Å²) in [5, 5.41) is 7.40. The third-order valence-electron chi connectivity index (χ3n) is 6.83. The second-order valence-electron chi connectivity index (χ2n) is 9.65. The smallest absolute Gasteiger partial charge is 0.347 e. The van der Waals surface area contributed by atoms with Crippen LogP contribution in [0.4, 0.5) is 17.6 Å². The van der Waals surface area contributed by atoms with Crippen molar-refractivity contribution in [1.82, 2.24) is 19.9 Å². The van der Waals surface area contributed by atoms with Crippen LogP contribution in [0.3, 0.4) is 0 Å². The van der Waals surface area contributed by atoms with Crippen LogP contribution in [0.5, 0.6) is 0 Å². The molecule has 0 spiro atoms. The molecule has 0 atom stereocenters. The summed E-state index contributed by atoms with van der Waals surface area (Å²) in [5.41, 5.74) is -1.31. The molecule has 2 aromatic carbocycles. The minimum Gasteiger partial charge on any atom is -0.347 e. The molecule has 13 heteroatoms. The first-order valence-corrected chi connectivity index (χ1v) is 14.0. The lowest BCUT2D eigenvalue weighted by Crippen LogP contribution is -2.50. The number of amides is 1. The van der Waals surface area contributed by atoms with Gasteiger partial charge in [0.15, 0.2) is 5.65 Å². The van der Waals surface area contributed by atoms with E-state index in [-0.39, 0.29) is 57.4 Å².